The van der Waals surface area contributed by atoms with Crippen LogP contribution in [-0.4, -0.2) is 53.1 Å². The fourth-order valence-electron chi connectivity index (χ4n) is 4.43. The summed E-state index contributed by atoms with van der Waals surface area (Å²) in [6.07, 6.45) is 5.15. The first kappa shape index (κ1) is 18.5. The number of nitrogens with zero attached hydrogens (tertiary/aromatic N) is 3. The van der Waals surface area contributed by atoms with E-state index in [1.807, 2.05) is 25.1 Å². The predicted octanol–water partition coefficient (Wildman–Crippen LogP) is 3.90. The summed E-state index contributed by atoms with van der Waals surface area (Å²) in [7, 11) is 0. The monoisotopic (exact) mass is 365 g/mol. The Morgan fingerprint density at radius 3 is 2.56 bits per heavy atom. The van der Waals surface area contributed by atoms with Gasteiger partial charge in [-0.3, -0.25) is 9.80 Å². The molecular weight excluding hydrogens is 334 g/mol. The van der Waals surface area contributed by atoms with Crippen LogP contribution in [0.2, 0.25) is 0 Å². The fourth-order valence-corrected chi connectivity index (χ4v) is 4.43. The summed E-state index contributed by atoms with van der Waals surface area (Å²) in [5.74, 6) is 0.778. The van der Waals surface area contributed by atoms with Gasteiger partial charge in [-0.15, -0.1) is 0 Å². The summed E-state index contributed by atoms with van der Waals surface area (Å²) in [5.41, 5.74) is 2.45. The van der Waals surface area contributed by atoms with Gasteiger partial charge in [0.2, 0.25) is 5.88 Å². The Kier molecular flexibility index (Phi) is 6.05. The Morgan fingerprint density at radius 2 is 1.78 bits per heavy atom. The molecule has 4 rings (SSSR count). The molecular formula is C23H31N3O. The molecule has 2 aliphatic heterocycles. The zero-order chi connectivity index (χ0) is 18.5. The number of hydrogen-bond donors (Lipinski definition) is 0. The molecule has 0 N–H and O–H groups in total. The first-order valence-corrected chi connectivity index (χ1v) is 10.4. The minimum Gasteiger partial charge on any atom is -0.474 e. The van der Waals surface area contributed by atoms with Crippen molar-refractivity contribution in [2.75, 3.05) is 26.2 Å². The number of aromatic nitrogens is 1. The van der Waals surface area contributed by atoms with Gasteiger partial charge in [0.15, 0.2) is 0 Å². The lowest BCUT2D eigenvalue weighted by Gasteiger charge is -2.42. The molecule has 0 saturated carbocycles. The summed E-state index contributed by atoms with van der Waals surface area (Å²) in [5, 5.41) is 0. The molecule has 0 amide bonds. The van der Waals surface area contributed by atoms with E-state index in [0.717, 1.165) is 44.0 Å². The van der Waals surface area contributed by atoms with Crippen LogP contribution in [0.3, 0.4) is 0 Å². The quantitative estimate of drug-likeness (QED) is 0.803. The van der Waals surface area contributed by atoms with Gasteiger partial charge in [-0.2, -0.15) is 0 Å². The van der Waals surface area contributed by atoms with Crippen molar-refractivity contribution in [2.24, 2.45) is 0 Å². The molecule has 144 valence electrons. The Bertz CT molecular complexity index is 713. The predicted molar refractivity (Wildman–Crippen MR) is 109 cm³/mol. The number of ether oxygens (including phenoxy) is 1. The highest BCUT2D eigenvalue weighted by Gasteiger charge is 2.29. The van der Waals surface area contributed by atoms with Gasteiger partial charge in [-0.1, -0.05) is 36.4 Å². The van der Waals surface area contributed by atoms with E-state index < -0.39 is 0 Å². The highest BCUT2D eigenvalue weighted by Crippen LogP contribution is 2.23. The van der Waals surface area contributed by atoms with E-state index in [1.165, 1.54) is 31.5 Å². The first-order valence-electron chi connectivity index (χ1n) is 10.4. The van der Waals surface area contributed by atoms with E-state index in [0.29, 0.717) is 12.1 Å². The second-order valence-corrected chi connectivity index (χ2v) is 7.99. The molecule has 1 atom stereocenters. The maximum absolute atomic E-state index is 6.12. The van der Waals surface area contributed by atoms with E-state index in [-0.39, 0.29) is 0 Å². The van der Waals surface area contributed by atoms with Crippen molar-refractivity contribution in [3.05, 3.63) is 59.8 Å². The van der Waals surface area contributed by atoms with Crippen molar-refractivity contribution in [2.45, 2.75) is 51.3 Å². The van der Waals surface area contributed by atoms with Gasteiger partial charge in [0.25, 0.3) is 0 Å². The molecule has 2 saturated heterocycles. The van der Waals surface area contributed by atoms with Crippen LogP contribution >= 0.6 is 0 Å². The average Bonchev–Trinajstić information content (AvgIpc) is 2.70. The van der Waals surface area contributed by atoms with E-state index >= 15 is 0 Å². The molecule has 0 unspecified atom stereocenters. The molecule has 0 spiro atoms. The van der Waals surface area contributed by atoms with E-state index in [2.05, 4.69) is 45.1 Å². The summed E-state index contributed by atoms with van der Waals surface area (Å²) >= 11 is 0. The van der Waals surface area contributed by atoms with Crippen LogP contribution in [0.15, 0.2) is 48.5 Å². The van der Waals surface area contributed by atoms with Crippen LogP contribution in [0, 0.1) is 6.92 Å². The van der Waals surface area contributed by atoms with E-state index in [1.54, 1.807) is 0 Å². The normalized spacial score (nSPS) is 22.6. The lowest BCUT2D eigenvalue weighted by atomic mass is 9.99. The number of rotatable bonds is 5. The highest BCUT2D eigenvalue weighted by molar-refractivity contribution is 5.15. The molecule has 27 heavy (non-hydrogen) atoms. The second-order valence-electron chi connectivity index (χ2n) is 7.99. The van der Waals surface area contributed by atoms with Gasteiger partial charge in [0.05, 0.1) is 0 Å². The van der Waals surface area contributed by atoms with Gasteiger partial charge in [0.1, 0.15) is 6.10 Å². The van der Waals surface area contributed by atoms with Crippen molar-refractivity contribution < 1.29 is 4.74 Å². The Morgan fingerprint density at radius 1 is 0.963 bits per heavy atom. The lowest BCUT2D eigenvalue weighted by Crippen LogP contribution is -2.51. The Balaban J connectivity index is 1.26. The van der Waals surface area contributed by atoms with Crippen molar-refractivity contribution in [1.29, 1.82) is 0 Å². The van der Waals surface area contributed by atoms with Crippen molar-refractivity contribution in [1.82, 2.24) is 14.8 Å². The largest absolute Gasteiger partial charge is 0.474 e. The maximum Gasteiger partial charge on any atom is 0.213 e. The molecule has 4 heteroatoms. The summed E-state index contributed by atoms with van der Waals surface area (Å²) in [6.45, 7) is 7.79. The van der Waals surface area contributed by atoms with Crippen LogP contribution < -0.4 is 4.74 Å². The molecule has 2 aliphatic rings. The summed E-state index contributed by atoms with van der Waals surface area (Å²) in [4.78, 5) is 9.81. The molecule has 2 aromatic rings. The molecule has 0 aliphatic carbocycles. The number of benzene rings is 1. The molecule has 1 aromatic heterocycles. The van der Waals surface area contributed by atoms with Gasteiger partial charge >= 0.3 is 0 Å². The maximum atomic E-state index is 6.12. The SMILES string of the molecule is Cc1cccc(OC2CCN([C@H]3CCCN(Cc4ccccc4)C3)CC2)n1. The third-order valence-electron chi connectivity index (χ3n) is 5.87. The molecule has 0 radical (unpaired) electrons. The zero-order valence-electron chi connectivity index (χ0n) is 16.4. The number of piperidine rings is 2. The van der Waals surface area contributed by atoms with Crippen LogP contribution in [0.1, 0.15) is 36.9 Å². The van der Waals surface area contributed by atoms with Crippen LogP contribution in [-0.2, 0) is 6.54 Å². The van der Waals surface area contributed by atoms with Gasteiger partial charge in [-0.05, 0) is 50.8 Å². The highest BCUT2D eigenvalue weighted by atomic mass is 16.5. The van der Waals surface area contributed by atoms with Crippen LogP contribution in [0.25, 0.3) is 0 Å². The number of pyridine rings is 1. The molecule has 4 nitrogen and oxygen atoms in total. The molecule has 3 heterocycles. The van der Waals surface area contributed by atoms with Crippen LogP contribution in [0.4, 0.5) is 0 Å². The van der Waals surface area contributed by atoms with Crippen LogP contribution in [0.5, 0.6) is 5.88 Å². The summed E-state index contributed by atoms with van der Waals surface area (Å²) in [6, 6.07) is 17.6. The third kappa shape index (κ3) is 5.08. The number of hydrogen-bond acceptors (Lipinski definition) is 4. The van der Waals surface area contributed by atoms with Crippen molar-refractivity contribution in [3.8, 4) is 5.88 Å². The summed E-state index contributed by atoms with van der Waals surface area (Å²) < 4.78 is 6.12. The standard InChI is InChI=1S/C23H31N3O/c1-19-7-5-11-23(24-19)27-22-12-15-26(16-13-22)21-10-6-14-25(18-21)17-20-8-3-2-4-9-20/h2-5,7-9,11,21-22H,6,10,12-18H2,1H3/t21-/m0/s1. The van der Waals surface area contributed by atoms with E-state index in [4.69, 9.17) is 4.74 Å². The van der Waals surface area contributed by atoms with E-state index in [9.17, 15) is 0 Å². The first-order chi connectivity index (χ1) is 13.3. The number of aryl methyl sites for hydroxylation is 1. The van der Waals surface area contributed by atoms with Crippen molar-refractivity contribution in [3.63, 3.8) is 0 Å². The van der Waals surface area contributed by atoms with Gasteiger partial charge in [-0.25, -0.2) is 4.98 Å². The smallest absolute Gasteiger partial charge is 0.213 e. The Labute approximate surface area is 163 Å². The minimum atomic E-state index is 0.305. The molecule has 1 aromatic carbocycles. The van der Waals surface area contributed by atoms with Gasteiger partial charge in [0, 0.05) is 44.0 Å². The van der Waals surface area contributed by atoms with Crippen molar-refractivity contribution >= 4 is 0 Å². The topological polar surface area (TPSA) is 28.6 Å². The molecule has 0 bridgehead atoms. The fraction of sp³-hybridized carbons (Fsp3) is 0.522. The van der Waals surface area contributed by atoms with Gasteiger partial charge < -0.3 is 4.74 Å². The zero-order valence-corrected chi connectivity index (χ0v) is 16.4. The average molecular weight is 366 g/mol. The second kappa shape index (κ2) is 8.85. The third-order valence-corrected chi connectivity index (χ3v) is 5.87. The lowest BCUT2D eigenvalue weighted by molar-refractivity contribution is 0.0396. The number of likely N-dealkylation sites (tertiary alicyclic amines) is 2. The molecule has 2 fully saturated rings. The minimum absolute atomic E-state index is 0.305. The Hall–Kier alpha value is -1.91.